The molecular weight excluding hydrogens is 793 g/mol. The van der Waals surface area contributed by atoms with E-state index >= 15 is 0 Å². The highest BCUT2D eigenvalue weighted by Crippen LogP contribution is 2.57. The summed E-state index contributed by atoms with van der Waals surface area (Å²) in [6.07, 6.45) is 0. The van der Waals surface area contributed by atoms with E-state index in [4.69, 9.17) is 0 Å². The quantitative estimate of drug-likeness (QED) is 0.155. The van der Waals surface area contributed by atoms with Crippen molar-refractivity contribution >= 4 is 70.4 Å². The Labute approximate surface area is 376 Å². The molecule has 0 saturated heterocycles. The van der Waals surface area contributed by atoms with Crippen LogP contribution in [0.25, 0.3) is 69.9 Å². The number of nitrogens with zero attached hydrogens (tertiary/aromatic N) is 2. The van der Waals surface area contributed by atoms with Crippen LogP contribution in [-0.2, 0) is 5.41 Å². The Balaban J connectivity index is 1.09. The highest BCUT2D eigenvalue weighted by Gasteiger charge is 2.46. The van der Waals surface area contributed by atoms with Crippen LogP contribution in [0.2, 0.25) is 0 Å². The summed E-state index contributed by atoms with van der Waals surface area (Å²) in [5, 5.41) is 5.13. The molecular formula is C61H40N2S. The van der Waals surface area contributed by atoms with Crippen molar-refractivity contribution in [3.05, 3.63) is 265 Å². The molecule has 0 fully saturated rings. The monoisotopic (exact) mass is 832 g/mol. The van der Waals surface area contributed by atoms with Gasteiger partial charge in [0.2, 0.25) is 0 Å². The molecule has 0 N–H and O–H groups in total. The van der Waals surface area contributed by atoms with Crippen molar-refractivity contribution in [1.82, 2.24) is 4.57 Å². The van der Waals surface area contributed by atoms with Gasteiger partial charge in [0, 0.05) is 53.7 Å². The number of benzene rings is 10. The molecule has 12 aromatic rings. The van der Waals surface area contributed by atoms with Crippen LogP contribution in [0.1, 0.15) is 22.3 Å². The van der Waals surface area contributed by atoms with Crippen molar-refractivity contribution in [2.75, 3.05) is 4.90 Å². The Morgan fingerprint density at radius 1 is 0.375 bits per heavy atom. The Bertz CT molecular complexity index is 3660. The zero-order chi connectivity index (χ0) is 42.2. The van der Waals surface area contributed by atoms with E-state index < -0.39 is 5.41 Å². The molecule has 2 nitrogen and oxygen atoms in total. The minimum absolute atomic E-state index is 0.521. The van der Waals surface area contributed by atoms with Crippen molar-refractivity contribution in [3.8, 4) is 27.9 Å². The number of hydrogen-bond donors (Lipinski definition) is 0. The van der Waals surface area contributed by atoms with Gasteiger partial charge in [0.25, 0.3) is 0 Å². The standard InChI is InChI=1S/C61H40N2S/c1-5-17-41(18-6-1)42-29-31-46(32-30-42)62(48-33-35-50-49-25-13-15-27-54(49)61(55(50)40-48,43-19-7-2-8-20-43)44-21-9-3-10-22-44)47-34-37-56-53(39-47)59-57(63(56)45-23-11-4-12-24-45)38-36-52-51-26-14-16-28-58(51)64-60(52)59/h1-40H. The van der Waals surface area contributed by atoms with Crippen LogP contribution in [0, 0.1) is 0 Å². The SMILES string of the molecule is c1ccc(-c2ccc(N(c3ccc4c(c3)C(c3ccccc3)(c3ccccc3)c3ccccc3-4)c3ccc4c(c3)c3c5sc6ccccc6c5ccc3n4-c3ccccc3)cc2)cc1. The topological polar surface area (TPSA) is 8.17 Å². The molecule has 300 valence electrons. The lowest BCUT2D eigenvalue weighted by Crippen LogP contribution is -2.28. The van der Waals surface area contributed by atoms with Gasteiger partial charge in [-0.3, -0.25) is 0 Å². The number of rotatable bonds is 7. The molecule has 3 heteroatoms. The van der Waals surface area contributed by atoms with Gasteiger partial charge in [-0.1, -0.05) is 176 Å². The van der Waals surface area contributed by atoms with Gasteiger partial charge in [0.15, 0.2) is 0 Å². The third-order valence-electron chi connectivity index (χ3n) is 13.5. The fourth-order valence-corrected chi connectivity index (χ4v) is 12.0. The van der Waals surface area contributed by atoms with Crippen molar-refractivity contribution in [2.45, 2.75) is 5.41 Å². The molecule has 2 heterocycles. The smallest absolute Gasteiger partial charge is 0.0714 e. The molecule has 0 radical (unpaired) electrons. The largest absolute Gasteiger partial charge is 0.310 e. The van der Waals surface area contributed by atoms with Crippen LogP contribution in [0.5, 0.6) is 0 Å². The summed E-state index contributed by atoms with van der Waals surface area (Å²) in [5.41, 5.74) is 16.4. The van der Waals surface area contributed by atoms with E-state index in [2.05, 4.69) is 252 Å². The van der Waals surface area contributed by atoms with Gasteiger partial charge in [-0.2, -0.15) is 0 Å². The molecule has 64 heavy (non-hydrogen) atoms. The lowest BCUT2D eigenvalue weighted by atomic mass is 9.67. The summed E-state index contributed by atoms with van der Waals surface area (Å²) in [4.78, 5) is 2.47. The van der Waals surface area contributed by atoms with E-state index in [-0.39, 0.29) is 0 Å². The highest BCUT2D eigenvalue weighted by atomic mass is 32.1. The summed E-state index contributed by atoms with van der Waals surface area (Å²) in [7, 11) is 0. The fraction of sp³-hybridized carbons (Fsp3) is 0.0164. The normalized spacial score (nSPS) is 12.8. The van der Waals surface area contributed by atoms with Crippen LogP contribution in [0.4, 0.5) is 17.1 Å². The first kappa shape index (κ1) is 36.7. The van der Waals surface area contributed by atoms with E-state index in [9.17, 15) is 0 Å². The highest BCUT2D eigenvalue weighted by molar-refractivity contribution is 7.26. The average Bonchev–Trinajstić information content (AvgIpc) is 4.01. The molecule has 0 atom stereocenters. The van der Waals surface area contributed by atoms with Gasteiger partial charge in [0.05, 0.1) is 16.4 Å². The molecule has 13 rings (SSSR count). The van der Waals surface area contributed by atoms with E-state index in [0.29, 0.717) is 0 Å². The molecule has 0 saturated carbocycles. The van der Waals surface area contributed by atoms with Crippen LogP contribution < -0.4 is 4.90 Å². The first-order valence-electron chi connectivity index (χ1n) is 22.0. The zero-order valence-electron chi connectivity index (χ0n) is 34.9. The maximum atomic E-state index is 2.47. The minimum Gasteiger partial charge on any atom is -0.310 e. The summed E-state index contributed by atoms with van der Waals surface area (Å²) in [6, 6.07) is 89.5. The Kier molecular flexibility index (Phi) is 8.34. The molecule has 0 unspecified atom stereocenters. The van der Waals surface area contributed by atoms with E-state index in [1.165, 1.54) is 86.5 Å². The lowest BCUT2D eigenvalue weighted by Gasteiger charge is -2.35. The summed E-state index contributed by atoms with van der Waals surface area (Å²) in [6.45, 7) is 0. The predicted octanol–water partition coefficient (Wildman–Crippen LogP) is 16.7. The summed E-state index contributed by atoms with van der Waals surface area (Å²) >= 11 is 1.90. The van der Waals surface area contributed by atoms with Crippen LogP contribution in [-0.4, -0.2) is 4.57 Å². The molecule has 0 amide bonds. The van der Waals surface area contributed by atoms with Crippen molar-refractivity contribution in [2.24, 2.45) is 0 Å². The van der Waals surface area contributed by atoms with Crippen molar-refractivity contribution in [3.63, 3.8) is 0 Å². The van der Waals surface area contributed by atoms with Gasteiger partial charge >= 0.3 is 0 Å². The predicted molar refractivity (Wildman–Crippen MR) is 271 cm³/mol. The molecule has 1 aliphatic rings. The zero-order valence-corrected chi connectivity index (χ0v) is 35.7. The van der Waals surface area contributed by atoms with Crippen LogP contribution in [0.15, 0.2) is 243 Å². The van der Waals surface area contributed by atoms with Gasteiger partial charge in [0.1, 0.15) is 0 Å². The molecule has 2 aromatic heterocycles. The third kappa shape index (κ3) is 5.44. The third-order valence-corrected chi connectivity index (χ3v) is 14.7. The Morgan fingerprint density at radius 2 is 0.938 bits per heavy atom. The van der Waals surface area contributed by atoms with E-state index in [1.807, 2.05) is 11.3 Å². The average molecular weight is 833 g/mol. The van der Waals surface area contributed by atoms with Gasteiger partial charge in [-0.15, -0.1) is 11.3 Å². The second-order valence-corrected chi connectivity index (χ2v) is 17.9. The second kappa shape index (κ2) is 14.6. The fourth-order valence-electron chi connectivity index (χ4n) is 10.7. The van der Waals surface area contributed by atoms with Gasteiger partial charge < -0.3 is 9.47 Å². The Hall–Kier alpha value is -7.98. The second-order valence-electron chi connectivity index (χ2n) is 16.8. The number of thiophene rings is 1. The van der Waals surface area contributed by atoms with Crippen LogP contribution in [0.3, 0.4) is 0 Å². The maximum Gasteiger partial charge on any atom is 0.0714 e. The maximum absolute atomic E-state index is 2.47. The first-order valence-corrected chi connectivity index (χ1v) is 22.8. The van der Waals surface area contributed by atoms with Gasteiger partial charge in [-0.05, 0) is 111 Å². The van der Waals surface area contributed by atoms with E-state index in [1.54, 1.807) is 0 Å². The lowest BCUT2D eigenvalue weighted by molar-refractivity contribution is 0.768. The first-order chi connectivity index (χ1) is 31.8. The minimum atomic E-state index is -0.521. The summed E-state index contributed by atoms with van der Waals surface area (Å²) < 4.78 is 5.07. The molecule has 1 aliphatic carbocycles. The molecule has 0 bridgehead atoms. The Morgan fingerprint density at radius 3 is 1.69 bits per heavy atom. The van der Waals surface area contributed by atoms with Crippen LogP contribution >= 0.6 is 11.3 Å². The molecule has 0 spiro atoms. The van der Waals surface area contributed by atoms with Crippen molar-refractivity contribution < 1.29 is 0 Å². The number of fused-ring (bicyclic) bond motifs is 10. The summed E-state index contributed by atoms with van der Waals surface area (Å²) in [5.74, 6) is 0. The molecule has 10 aromatic carbocycles. The van der Waals surface area contributed by atoms with E-state index in [0.717, 1.165) is 22.7 Å². The number of anilines is 3. The van der Waals surface area contributed by atoms with Crippen molar-refractivity contribution in [1.29, 1.82) is 0 Å². The number of aromatic nitrogens is 1. The van der Waals surface area contributed by atoms with Gasteiger partial charge in [-0.25, -0.2) is 0 Å². The number of hydrogen-bond acceptors (Lipinski definition) is 2. The number of para-hydroxylation sites is 1. The molecule has 0 aliphatic heterocycles.